The van der Waals surface area contributed by atoms with Gasteiger partial charge in [0.15, 0.2) is 11.4 Å². The molecule has 6 atom stereocenters. The summed E-state index contributed by atoms with van der Waals surface area (Å²) in [6.07, 6.45) is -0.877. The molecule has 2 aromatic rings. The summed E-state index contributed by atoms with van der Waals surface area (Å²) in [5.74, 6) is -9.94. The predicted molar refractivity (Wildman–Crippen MR) is 159 cm³/mol. The van der Waals surface area contributed by atoms with Gasteiger partial charge in [0.05, 0.1) is 29.3 Å². The first-order chi connectivity index (χ1) is 20.7. The number of benzene rings is 2. The standard InChI is InChI=1S/C31H34N4O9/c1-5-13-6-8-14(9-7-13)33-30(43)34-16-11-10-15-12(2)17-19(24(37)18(15)23(16)36)27(40)31(44)21(25(17)38)22(35(3)4)26(39)20(28(31)41)29(32)42/h6-12,17,21-22,25,36-38,41,44H,5H2,1-4H3,(H2,32,42)(H2,33,34,43)/t12-,17+,21+,22-,25-,31-/m0/s1. The number of aliphatic hydroxyl groups excluding tert-OH is 3. The number of anilines is 2. The molecule has 3 aliphatic rings. The van der Waals surface area contributed by atoms with E-state index in [-0.39, 0.29) is 11.3 Å². The molecule has 13 heteroatoms. The second-order valence-electron chi connectivity index (χ2n) is 11.6. The zero-order chi connectivity index (χ0) is 32.4. The van der Waals surface area contributed by atoms with Crippen LogP contribution in [-0.4, -0.2) is 85.8 Å². The monoisotopic (exact) mass is 606 g/mol. The third-order valence-electron chi connectivity index (χ3n) is 9.00. The van der Waals surface area contributed by atoms with E-state index < -0.39 is 87.4 Å². The number of urea groups is 1. The molecular formula is C31H34N4O9. The van der Waals surface area contributed by atoms with Crippen LogP contribution in [0.4, 0.5) is 16.2 Å². The molecule has 0 aliphatic heterocycles. The van der Waals surface area contributed by atoms with Crippen LogP contribution in [0.1, 0.15) is 36.5 Å². The highest BCUT2D eigenvalue weighted by Crippen LogP contribution is 2.56. The number of carbonyl (C=O) groups excluding carboxylic acids is 4. The molecule has 0 radical (unpaired) electrons. The highest BCUT2D eigenvalue weighted by molar-refractivity contribution is 6.24. The number of nitrogens with zero attached hydrogens (tertiary/aromatic N) is 1. The van der Waals surface area contributed by atoms with Crippen LogP contribution in [-0.2, 0) is 20.8 Å². The molecule has 1 saturated carbocycles. The Morgan fingerprint density at radius 3 is 2.23 bits per heavy atom. The number of nitrogens with one attached hydrogen (secondary N) is 2. The lowest BCUT2D eigenvalue weighted by molar-refractivity contribution is -0.169. The average molecular weight is 607 g/mol. The van der Waals surface area contributed by atoms with Crippen LogP contribution in [0.5, 0.6) is 5.75 Å². The number of primary amides is 1. The fourth-order valence-corrected chi connectivity index (χ4v) is 6.83. The SMILES string of the molecule is CCc1ccc(NC(=O)Nc2ccc3c(c2O)C(O)=C2C(=O)[C@]4(O)C(O)=C(C(N)=O)C(=O)[C@@H](N(C)C)[C@@H]4[C@@H](O)[C@@H]2[C@H]3C)cc1. The number of ketones is 2. The van der Waals surface area contributed by atoms with E-state index in [1.165, 1.54) is 31.1 Å². The second-order valence-corrected chi connectivity index (χ2v) is 11.6. The molecule has 13 nitrogen and oxygen atoms in total. The number of phenols is 1. The number of aliphatic hydroxyl groups is 4. The summed E-state index contributed by atoms with van der Waals surface area (Å²) >= 11 is 0. The minimum atomic E-state index is -3.01. The quantitative estimate of drug-likeness (QED) is 0.182. The van der Waals surface area contributed by atoms with E-state index in [9.17, 15) is 44.7 Å². The molecule has 9 N–H and O–H groups in total. The van der Waals surface area contributed by atoms with Crippen LogP contribution in [0, 0.1) is 11.8 Å². The van der Waals surface area contributed by atoms with Crippen LogP contribution >= 0.6 is 0 Å². The van der Waals surface area contributed by atoms with Gasteiger partial charge in [-0.15, -0.1) is 0 Å². The fraction of sp³-hybridized carbons (Fsp3) is 0.355. The van der Waals surface area contributed by atoms with Gasteiger partial charge in [-0.3, -0.25) is 19.3 Å². The van der Waals surface area contributed by atoms with Crippen molar-refractivity contribution < 1.29 is 44.7 Å². The van der Waals surface area contributed by atoms with Crippen LogP contribution in [0.2, 0.25) is 0 Å². The second kappa shape index (κ2) is 10.8. The lowest BCUT2D eigenvalue weighted by Gasteiger charge is -2.53. The van der Waals surface area contributed by atoms with E-state index in [2.05, 4.69) is 10.6 Å². The number of rotatable bonds is 5. The summed E-state index contributed by atoms with van der Waals surface area (Å²) in [6, 6.07) is 7.91. The van der Waals surface area contributed by atoms with Crippen molar-refractivity contribution in [2.75, 3.05) is 24.7 Å². The van der Waals surface area contributed by atoms with Crippen molar-refractivity contribution in [2.24, 2.45) is 17.6 Å². The van der Waals surface area contributed by atoms with E-state index >= 15 is 0 Å². The van der Waals surface area contributed by atoms with Crippen molar-refractivity contribution >= 4 is 40.6 Å². The number of hydrogen-bond donors (Lipinski definition) is 8. The molecule has 0 saturated heterocycles. The minimum absolute atomic E-state index is 0.112. The van der Waals surface area contributed by atoms with Crippen LogP contribution < -0.4 is 16.4 Å². The Morgan fingerprint density at radius 2 is 1.66 bits per heavy atom. The first kappa shape index (κ1) is 30.7. The van der Waals surface area contributed by atoms with E-state index in [1.807, 2.05) is 19.1 Å². The molecule has 1 fully saturated rings. The third-order valence-corrected chi connectivity index (χ3v) is 9.00. The summed E-state index contributed by atoms with van der Waals surface area (Å²) in [7, 11) is 2.87. The summed E-state index contributed by atoms with van der Waals surface area (Å²) in [5, 5.41) is 62.3. The Labute approximate surface area is 252 Å². The van der Waals surface area contributed by atoms with Gasteiger partial charge < -0.3 is 41.9 Å². The number of likely N-dealkylation sites (N-methyl/N-ethyl adjacent to an activating group) is 1. The van der Waals surface area contributed by atoms with E-state index in [0.29, 0.717) is 11.3 Å². The summed E-state index contributed by atoms with van der Waals surface area (Å²) in [4.78, 5) is 53.5. The van der Waals surface area contributed by atoms with Crippen molar-refractivity contribution in [3.8, 4) is 5.75 Å². The predicted octanol–water partition coefficient (Wildman–Crippen LogP) is 1.70. The molecule has 44 heavy (non-hydrogen) atoms. The number of phenolic OH excluding ortho intramolecular Hbond substituents is 1. The van der Waals surface area contributed by atoms with Crippen molar-refractivity contribution in [1.82, 2.24) is 4.90 Å². The maximum atomic E-state index is 14.1. The van der Waals surface area contributed by atoms with Gasteiger partial charge in [-0.05, 0) is 55.8 Å². The van der Waals surface area contributed by atoms with Gasteiger partial charge in [-0.25, -0.2) is 4.79 Å². The Kier molecular flexibility index (Phi) is 7.52. The Balaban J connectivity index is 1.60. The van der Waals surface area contributed by atoms with Crippen molar-refractivity contribution in [3.63, 3.8) is 0 Å². The molecule has 0 aromatic heterocycles. The summed E-state index contributed by atoms with van der Waals surface area (Å²) in [5.41, 5.74) is 2.35. The molecule has 2 aromatic carbocycles. The molecular weight excluding hydrogens is 572 g/mol. The van der Waals surface area contributed by atoms with Gasteiger partial charge >= 0.3 is 6.03 Å². The molecule has 0 spiro atoms. The average Bonchev–Trinajstić information content (AvgIpc) is 2.96. The molecule has 0 unspecified atom stereocenters. The number of hydrogen-bond acceptors (Lipinski definition) is 10. The maximum Gasteiger partial charge on any atom is 0.323 e. The Morgan fingerprint density at radius 1 is 1.02 bits per heavy atom. The number of nitrogens with two attached hydrogens (primary N) is 1. The number of aromatic hydroxyl groups is 1. The zero-order valence-electron chi connectivity index (χ0n) is 24.5. The van der Waals surface area contributed by atoms with E-state index in [4.69, 9.17) is 5.73 Å². The van der Waals surface area contributed by atoms with Gasteiger partial charge in [-0.1, -0.05) is 32.0 Å². The lowest BCUT2D eigenvalue weighted by atomic mass is 9.54. The van der Waals surface area contributed by atoms with Crippen LogP contribution in [0.15, 0.2) is 53.3 Å². The van der Waals surface area contributed by atoms with Gasteiger partial charge in [-0.2, -0.15) is 0 Å². The number of carbonyl (C=O) groups is 4. The van der Waals surface area contributed by atoms with Gasteiger partial charge in [0, 0.05) is 17.2 Å². The van der Waals surface area contributed by atoms with Crippen molar-refractivity contribution in [1.29, 1.82) is 0 Å². The minimum Gasteiger partial charge on any atom is -0.508 e. The molecule has 3 aliphatic carbocycles. The Hall–Kier alpha value is -4.72. The molecule has 0 bridgehead atoms. The molecule has 232 valence electrons. The first-order valence-electron chi connectivity index (χ1n) is 14.0. The number of amides is 3. The zero-order valence-corrected chi connectivity index (χ0v) is 24.5. The van der Waals surface area contributed by atoms with Gasteiger partial charge in [0.2, 0.25) is 5.78 Å². The maximum absolute atomic E-state index is 14.1. The van der Waals surface area contributed by atoms with Crippen LogP contribution in [0.3, 0.4) is 0 Å². The summed E-state index contributed by atoms with van der Waals surface area (Å²) < 4.78 is 0. The van der Waals surface area contributed by atoms with E-state index in [0.717, 1.165) is 12.0 Å². The number of Topliss-reactive ketones (excluding diaryl/α,β-unsaturated/α-hetero) is 2. The fourth-order valence-electron chi connectivity index (χ4n) is 6.83. The molecule has 0 heterocycles. The van der Waals surface area contributed by atoms with E-state index in [1.54, 1.807) is 19.1 Å². The highest BCUT2D eigenvalue weighted by Gasteiger charge is 2.68. The van der Waals surface area contributed by atoms with Gasteiger partial charge in [0.25, 0.3) is 5.91 Å². The summed E-state index contributed by atoms with van der Waals surface area (Å²) in [6.45, 7) is 3.62. The first-order valence-corrected chi connectivity index (χ1v) is 14.0. The molecule has 5 rings (SSSR count). The largest absolute Gasteiger partial charge is 0.508 e. The lowest BCUT2D eigenvalue weighted by Crippen LogP contribution is -2.70. The van der Waals surface area contributed by atoms with Crippen molar-refractivity contribution in [3.05, 3.63) is 70.0 Å². The highest BCUT2D eigenvalue weighted by atomic mass is 16.4. The third kappa shape index (κ3) is 4.34. The van der Waals surface area contributed by atoms with Crippen molar-refractivity contribution in [2.45, 2.75) is 43.9 Å². The van der Waals surface area contributed by atoms with Crippen LogP contribution in [0.25, 0.3) is 5.76 Å². The number of aryl methyl sites for hydroxylation is 1. The normalized spacial score (nSPS) is 27.9. The molecule has 3 amide bonds. The van der Waals surface area contributed by atoms with Gasteiger partial charge in [0.1, 0.15) is 22.8 Å². The number of fused-ring (bicyclic) bond motifs is 3. The topological polar surface area (TPSA) is 223 Å². The Bertz CT molecular complexity index is 1660. The smallest absolute Gasteiger partial charge is 0.323 e.